The smallest absolute Gasteiger partial charge is 0.132 e. The van der Waals surface area contributed by atoms with E-state index in [4.69, 9.17) is 10.5 Å². The summed E-state index contributed by atoms with van der Waals surface area (Å²) in [6.07, 6.45) is 1.77. The standard InChI is InChI=1S/C14H18BrN3O/c1-14(2,3)18-8-17-12(13(18)16)10-7-9(15)5-6-11(10)19-4/h5-8H,16H2,1-4H3. The van der Waals surface area contributed by atoms with Crippen LogP contribution in [-0.2, 0) is 5.54 Å². The van der Waals surface area contributed by atoms with Gasteiger partial charge < -0.3 is 15.0 Å². The maximum Gasteiger partial charge on any atom is 0.132 e. The van der Waals surface area contributed by atoms with Crippen LogP contribution in [0, 0.1) is 0 Å². The first-order valence-electron chi connectivity index (χ1n) is 6.02. The first kappa shape index (κ1) is 13.9. The average molecular weight is 324 g/mol. The molecule has 0 saturated heterocycles. The van der Waals surface area contributed by atoms with Gasteiger partial charge in [0.15, 0.2) is 0 Å². The number of nitrogens with two attached hydrogens (primary N) is 1. The third kappa shape index (κ3) is 2.61. The molecule has 102 valence electrons. The molecule has 0 aliphatic rings. The summed E-state index contributed by atoms with van der Waals surface area (Å²) in [4.78, 5) is 4.44. The van der Waals surface area contributed by atoms with Crippen LogP contribution in [0.1, 0.15) is 20.8 Å². The van der Waals surface area contributed by atoms with E-state index in [9.17, 15) is 0 Å². The second kappa shape index (κ2) is 4.89. The highest BCUT2D eigenvalue weighted by molar-refractivity contribution is 9.10. The zero-order valence-electron chi connectivity index (χ0n) is 11.6. The fraction of sp³-hybridized carbons (Fsp3) is 0.357. The molecule has 1 aromatic carbocycles. The minimum absolute atomic E-state index is 0.103. The molecule has 0 amide bonds. The number of aromatic nitrogens is 2. The Hall–Kier alpha value is -1.49. The Bertz CT molecular complexity index is 599. The number of hydrogen-bond acceptors (Lipinski definition) is 3. The third-order valence-corrected chi connectivity index (χ3v) is 3.44. The molecule has 0 radical (unpaired) electrons. The highest BCUT2D eigenvalue weighted by atomic mass is 79.9. The molecular formula is C14H18BrN3O. The van der Waals surface area contributed by atoms with Crippen LogP contribution >= 0.6 is 15.9 Å². The predicted octanol–water partition coefficient (Wildman–Crippen LogP) is 3.66. The second-order valence-electron chi connectivity index (χ2n) is 5.36. The second-order valence-corrected chi connectivity index (χ2v) is 6.28. The van der Waals surface area contributed by atoms with Gasteiger partial charge in [-0.15, -0.1) is 0 Å². The number of nitrogen functional groups attached to an aromatic ring is 1. The molecule has 0 bridgehead atoms. The van der Waals surface area contributed by atoms with E-state index < -0.39 is 0 Å². The van der Waals surface area contributed by atoms with Crippen LogP contribution in [0.5, 0.6) is 5.75 Å². The maximum atomic E-state index is 6.22. The maximum absolute atomic E-state index is 6.22. The molecule has 1 heterocycles. The van der Waals surface area contributed by atoms with E-state index in [0.29, 0.717) is 5.82 Å². The lowest BCUT2D eigenvalue weighted by atomic mass is 10.1. The summed E-state index contributed by atoms with van der Waals surface area (Å²) in [5.41, 5.74) is 7.75. The van der Waals surface area contributed by atoms with Gasteiger partial charge in [0.25, 0.3) is 0 Å². The molecule has 0 spiro atoms. The van der Waals surface area contributed by atoms with Crippen molar-refractivity contribution >= 4 is 21.7 Å². The lowest BCUT2D eigenvalue weighted by molar-refractivity contribution is 0.402. The number of halogens is 1. The molecule has 0 atom stereocenters. The van der Waals surface area contributed by atoms with Crippen LogP contribution in [0.25, 0.3) is 11.3 Å². The number of ether oxygens (including phenoxy) is 1. The molecular weight excluding hydrogens is 306 g/mol. The molecule has 2 N–H and O–H groups in total. The van der Waals surface area contributed by atoms with Crippen LogP contribution < -0.4 is 10.5 Å². The van der Waals surface area contributed by atoms with Crippen molar-refractivity contribution < 1.29 is 4.74 Å². The van der Waals surface area contributed by atoms with E-state index in [1.165, 1.54) is 0 Å². The lowest BCUT2D eigenvalue weighted by Gasteiger charge is -2.22. The van der Waals surface area contributed by atoms with E-state index in [2.05, 4.69) is 41.7 Å². The van der Waals surface area contributed by atoms with Gasteiger partial charge in [0.05, 0.1) is 13.4 Å². The Morgan fingerprint density at radius 1 is 1.32 bits per heavy atom. The van der Waals surface area contributed by atoms with E-state index in [0.717, 1.165) is 21.5 Å². The predicted molar refractivity (Wildman–Crippen MR) is 81.3 cm³/mol. The third-order valence-electron chi connectivity index (χ3n) is 2.94. The van der Waals surface area contributed by atoms with E-state index in [-0.39, 0.29) is 5.54 Å². The number of rotatable bonds is 2. The Labute approximate surface area is 121 Å². The van der Waals surface area contributed by atoms with Crippen molar-refractivity contribution in [1.82, 2.24) is 9.55 Å². The molecule has 0 saturated carbocycles. The Balaban J connectivity index is 2.60. The zero-order chi connectivity index (χ0) is 14.2. The van der Waals surface area contributed by atoms with Crippen molar-refractivity contribution in [3.63, 3.8) is 0 Å². The van der Waals surface area contributed by atoms with Gasteiger partial charge in [0.2, 0.25) is 0 Å². The molecule has 5 heteroatoms. The van der Waals surface area contributed by atoms with Crippen molar-refractivity contribution in [2.24, 2.45) is 0 Å². The molecule has 0 fully saturated rings. The largest absolute Gasteiger partial charge is 0.496 e. The van der Waals surface area contributed by atoms with E-state index >= 15 is 0 Å². The average Bonchev–Trinajstić information content (AvgIpc) is 2.70. The Morgan fingerprint density at radius 2 is 2.00 bits per heavy atom. The number of benzene rings is 1. The van der Waals surface area contributed by atoms with Crippen LogP contribution in [-0.4, -0.2) is 16.7 Å². The SMILES string of the molecule is COc1ccc(Br)cc1-c1ncn(C(C)(C)C)c1N. The number of anilines is 1. The highest BCUT2D eigenvalue weighted by Crippen LogP contribution is 2.36. The van der Waals surface area contributed by atoms with E-state index in [1.54, 1.807) is 13.4 Å². The summed E-state index contributed by atoms with van der Waals surface area (Å²) in [7, 11) is 1.64. The van der Waals surface area contributed by atoms with Crippen molar-refractivity contribution in [2.45, 2.75) is 26.3 Å². The number of methoxy groups -OCH3 is 1. The molecule has 0 aliphatic heterocycles. The van der Waals surface area contributed by atoms with Gasteiger partial charge in [-0.25, -0.2) is 4.98 Å². The van der Waals surface area contributed by atoms with Crippen LogP contribution in [0.15, 0.2) is 29.0 Å². The zero-order valence-corrected chi connectivity index (χ0v) is 13.2. The van der Waals surface area contributed by atoms with Gasteiger partial charge in [-0.3, -0.25) is 0 Å². The molecule has 4 nitrogen and oxygen atoms in total. The number of imidazole rings is 1. The van der Waals surface area contributed by atoms with Crippen molar-refractivity contribution in [1.29, 1.82) is 0 Å². The minimum atomic E-state index is -0.103. The van der Waals surface area contributed by atoms with Crippen molar-refractivity contribution in [3.8, 4) is 17.0 Å². The van der Waals surface area contributed by atoms with Gasteiger partial charge in [-0.1, -0.05) is 15.9 Å². The summed E-state index contributed by atoms with van der Waals surface area (Å²) in [5, 5.41) is 0. The fourth-order valence-electron chi connectivity index (χ4n) is 1.97. The monoisotopic (exact) mass is 323 g/mol. The van der Waals surface area contributed by atoms with Gasteiger partial charge in [0, 0.05) is 15.6 Å². The Kier molecular flexibility index (Phi) is 3.58. The molecule has 0 aliphatic carbocycles. The molecule has 2 aromatic rings. The summed E-state index contributed by atoms with van der Waals surface area (Å²) in [6, 6.07) is 5.79. The van der Waals surface area contributed by atoms with E-state index in [1.807, 2.05) is 22.8 Å². The van der Waals surface area contributed by atoms with Gasteiger partial charge in [-0.05, 0) is 39.0 Å². The quantitative estimate of drug-likeness (QED) is 0.917. The molecule has 0 unspecified atom stereocenters. The van der Waals surface area contributed by atoms with Crippen LogP contribution in [0.4, 0.5) is 5.82 Å². The van der Waals surface area contributed by atoms with Crippen LogP contribution in [0.2, 0.25) is 0 Å². The van der Waals surface area contributed by atoms with Crippen LogP contribution in [0.3, 0.4) is 0 Å². The van der Waals surface area contributed by atoms with Gasteiger partial charge in [0.1, 0.15) is 17.3 Å². The highest BCUT2D eigenvalue weighted by Gasteiger charge is 2.21. The number of nitrogens with zero attached hydrogens (tertiary/aromatic N) is 2. The Morgan fingerprint density at radius 3 is 2.53 bits per heavy atom. The first-order valence-corrected chi connectivity index (χ1v) is 6.81. The van der Waals surface area contributed by atoms with Crippen molar-refractivity contribution in [2.75, 3.05) is 12.8 Å². The summed E-state index contributed by atoms with van der Waals surface area (Å²) < 4.78 is 8.31. The molecule has 19 heavy (non-hydrogen) atoms. The molecule has 1 aromatic heterocycles. The first-order chi connectivity index (χ1) is 8.84. The lowest BCUT2D eigenvalue weighted by Crippen LogP contribution is -2.22. The summed E-state index contributed by atoms with van der Waals surface area (Å²) >= 11 is 3.46. The fourth-order valence-corrected chi connectivity index (χ4v) is 2.33. The van der Waals surface area contributed by atoms with Gasteiger partial charge in [-0.2, -0.15) is 0 Å². The molecule has 2 rings (SSSR count). The minimum Gasteiger partial charge on any atom is -0.496 e. The normalized spacial score (nSPS) is 11.6. The van der Waals surface area contributed by atoms with Crippen molar-refractivity contribution in [3.05, 3.63) is 29.0 Å². The topological polar surface area (TPSA) is 53.1 Å². The number of hydrogen-bond donors (Lipinski definition) is 1. The summed E-state index contributed by atoms with van der Waals surface area (Å²) in [6.45, 7) is 6.27. The van der Waals surface area contributed by atoms with Gasteiger partial charge >= 0.3 is 0 Å². The summed E-state index contributed by atoms with van der Waals surface area (Å²) in [5.74, 6) is 1.40.